The number of hydrogen-bond acceptors (Lipinski definition) is 5. The Balaban J connectivity index is -0.000000425. The van der Waals surface area contributed by atoms with Crippen LogP contribution in [0.3, 0.4) is 0 Å². The first kappa shape index (κ1) is 28.0. The number of carbonyl (C=O) groups is 2. The summed E-state index contributed by atoms with van der Waals surface area (Å²) in [7, 11) is -3.74. The molecular weight excluding hydrogens is 351 g/mol. The molecule has 23 heavy (non-hydrogen) atoms. The summed E-state index contributed by atoms with van der Waals surface area (Å²) in [6, 6.07) is 0. The fraction of sp³-hybridized carbons (Fsp3) is 0.643. The van der Waals surface area contributed by atoms with Crippen LogP contribution in [0.1, 0.15) is 39.5 Å². The smallest absolute Gasteiger partial charge is 0.481 e. The number of unbranched alkanes of at least 4 members (excludes halogenated alkanes) is 1. The molecule has 0 aliphatic rings. The quantitative estimate of drug-likeness (QED) is 0.176. The maximum atomic E-state index is 10.9. The van der Waals surface area contributed by atoms with Crippen LogP contribution in [-0.2, 0) is 24.4 Å². The van der Waals surface area contributed by atoms with Gasteiger partial charge in [0.25, 0.3) is 10.1 Å². The summed E-state index contributed by atoms with van der Waals surface area (Å²) >= 11 is 0. The summed E-state index contributed by atoms with van der Waals surface area (Å²) in [6.07, 6.45) is 5.38. The summed E-state index contributed by atoms with van der Waals surface area (Å²) in [4.78, 5) is 21.7. The number of aliphatic carboxylic acids is 1. The second-order valence-corrected chi connectivity index (χ2v) is 6.02. The van der Waals surface area contributed by atoms with Gasteiger partial charge in [0.05, 0.1) is 5.92 Å². The Labute approximate surface area is 181 Å². The van der Waals surface area contributed by atoms with Crippen LogP contribution in [0.15, 0.2) is 12.2 Å². The van der Waals surface area contributed by atoms with Crippen molar-refractivity contribution < 1.29 is 83.8 Å². The predicted molar refractivity (Wildman–Crippen MR) is 82.8 cm³/mol. The van der Waals surface area contributed by atoms with Crippen molar-refractivity contribution in [3.05, 3.63) is 19.1 Å². The zero-order valence-electron chi connectivity index (χ0n) is 14.0. The number of carboxylic acid groups (broad SMARTS) is 1. The topological polar surface area (TPSA) is 118 Å². The predicted octanol–water partition coefficient (Wildman–Crippen LogP) is -0.901. The van der Waals surface area contributed by atoms with Gasteiger partial charge in [-0.15, -0.1) is 0 Å². The molecule has 0 spiro atoms. The summed E-state index contributed by atoms with van der Waals surface area (Å²) < 4.78 is 32.2. The fourth-order valence-corrected chi connectivity index (χ4v) is 1.64. The molecule has 0 rings (SSSR count). The largest absolute Gasteiger partial charge is 1.00 e. The number of carboxylic acids is 1. The molecule has 130 valence electrons. The third-order valence-corrected chi connectivity index (χ3v) is 3.19. The third-order valence-electron chi connectivity index (χ3n) is 2.39. The zero-order valence-corrected chi connectivity index (χ0v) is 18.0. The molecule has 0 radical (unpaired) electrons. The van der Waals surface area contributed by atoms with Gasteiger partial charge in [0, 0.05) is 11.8 Å². The number of rotatable bonds is 9. The average molecular weight is 377 g/mol. The summed E-state index contributed by atoms with van der Waals surface area (Å²) in [5.41, 5.74) is 0. The van der Waals surface area contributed by atoms with E-state index in [4.69, 9.17) is 14.4 Å². The maximum Gasteiger partial charge on any atom is 1.00 e. The fourth-order valence-electron chi connectivity index (χ4n) is 1.28. The second kappa shape index (κ2) is 17.1. The molecule has 0 heterocycles. The summed E-state index contributed by atoms with van der Waals surface area (Å²) in [5, 5.41) is 8.83. The molecule has 1 atom stereocenters. The summed E-state index contributed by atoms with van der Waals surface area (Å²) in [6.45, 7) is 6.88. The first-order valence-corrected chi connectivity index (χ1v) is 8.55. The SMILES string of the molecule is CC=CC(=O)OCC(CCCC)C(=O)O.[CH2-]CCS(=O)(=O)O.[K+]. The molecule has 0 fully saturated rings. The van der Waals surface area contributed by atoms with Crippen LogP contribution in [-0.4, -0.2) is 42.4 Å². The Morgan fingerprint density at radius 1 is 1.35 bits per heavy atom. The Morgan fingerprint density at radius 3 is 2.22 bits per heavy atom. The van der Waals surface area contributed by atoms with Crippen LogP contribution in [0.5, 0.6) is 0 Å². The molecule has 0 aromatic carbocycles. The van der Waals surface area contributed by atoms with Crippen molar-refractivity contribution >= 4 is 22.1 Å². The Bertz CT molecular complexity index is 446. The molecule has 0 saturated carbocycles. The molecule has 0 aliphatic heterocycles. The minimum atomic E-state index is -3.74. The number of ether oxygens (including phenoxy) is 1. The van der Waals surface area contributed by atoms with Crippen molar-refractivity contribution in [3.8, 4) is 0 Å². The van der Waals surface area contributed by atoms with E-state index in [0.717, 1.165) is 12.8 Å². The summed E-state index contributed by atoms with van der Waals surface area (Å²) in [5.74, 6) is -2.22. The van der Waals surface area contributed by atoms with Gasteiger partial charge in [0.1, 0.15) is 6.61 Å². The van der Waals surface area contributed by atoms with E-state index >= 15 is 0 Å². The van der Waals surface area contributed by atoms with Crippen molar-refractivity contribution in [1.29, 1.82) is 0 Å². The monoisotopic (exact) mass is 376 g/mol. The van der Waals surface area contributed by atoms with Gasteiger partial charge in [-0.05, 0) is 13.3 Å². The van der Waals surface area contributed by atoms with Crippen molar-refractivity contribution in [2.45, 2.75) is 39.5 Å². The van der Waals surface area contributed by atoms with E-state index in [-0.39, 0.29) is 70.2 Å². The van der Waals surface area contributed by atoms with Gasteiger partial charge >= 0.3 is 63.3 Å². The molecular formula is C14H25KO7S. The first-order valence-electron chi connectivity index (χ1n) is 6.94. The number of hydrogen-bond donors (Lipinski definition) is 2. The van der Waals surface area contributed by atoms with Crippen molar-refractivity contribution in [3.63, 3.8) is 0 Å². The standard InChI is InChI=1S/C11H18O4.C3H7O3S.K/c1-3-5-7-9(11(13)14)8-15-10(12)6-4-2;1-2-3-7(4,5)6;/h4,6,9H,3,5,7-8H2,1-2H3,(H,13,14);1-3H2,(H,4,5,6);/q;-1;+1. The molecule has 0 aliphatic carbocycles. The van der Waals surface area contributed by atoms with E-state index in [2.05, 4.69) is 6.92 Å². The van der Waals surface area contributed by atoms with E-state index in [9.17, 15) is 18.0 Å². The minimum absolute atomic E-state index is 0. The molecule has 1 unspecified atom stereocenters. The van der Waals surface area contributed by atoms with Crippen LogP contribution in [0.4, 0.5) is 0 Å². The van der Waals surface area contributed by atoms with E-state index in [1.807, 2.05) is 6.92 Å². The first-order chi connectivity index (χ1) is 10.2. The van der Waals surface area contributed by atoms with Gasteiger partial charge in [-0.3, -0.25) is 9.35 Å². The molecule has 0 bridgehead atoms. The number of allylic oxidation sites excluding steroid dienone is 1. The Hall–Kier alpha value is 0.226. The van der Waals surface area contributed by atoms with E-state index in [0.29, 0.717) is 6.42 Å². The minimum Gasteiger partial charge on any atom is -0.481 e. The molecule has 7 nitrogen and oxygen atoms in total. The maximum absolute atomic E-state index is 10.9. The molecule has 9 heteroatoms. The van der Waals surface area contributed by atoms with Gasteiger partial charge in [0.15, 0.2) is 0 Å². The third kappa shape index (κ3) is 22.2. The van der Waals surface area contributed by atoms with Crippen LogP contribution in [0.2, 0.25) is 0 Å². The van der Waals surface area contributed by atoms with Crippen molar-refractivity contribution in [2.75, 3.05) is 12.4 Å². The number of carbonyl (C=O) groups excluding carboxylic acids is 1. The Kier molecular flexibility index (Phi) is 20.8. The van der Waals surface area contributed by atoms with Crippen LogP contribution < -0.4 is 51.4 Å². The Morgan fingerprint density at radius 2 is 1.91 bits per heavy atom. The molecule has 0 saturated heterocycles. The van der Waals surface area contributed by atoms with Crippen molar-refractivity contribution in [2.24, 2.45) is 5.92 Å². The second-order valence-electron chi connectivity index (χ2n) is 4.45. The zero-order chi connectivity index (χ0) is 17.6. The van der Waals surface area contributed by atoms with Gasteiger partial charge in [-0.25, -0.2) is 4.79 Å². The molecule has 0 amide bonds. The van der Waals surface area contributed by atoms with Gasteiger partial charge in [-0.1, -0.05) is 25.8 Å². The normalized spacial score (nSPS) is 11.8. The van der Waals surface area contributed by atoms with E-state index < -0.39 is 28.0 Å². The van der Waals surface area contributed by atoms with Crippen molar-refractivity contribution in [1.82, 2.24) is 0 Å². The molecule has 0 aromatic heterocycles. The molecule has 2 N–H and O–H groups in total. The van der Waals surface area contributed by atoms with Gasteiger partial charge in [-0.2, -0.15) is 14.8 Å². The van der Waals surface area contributed by atoms with Gasteiger partial charge in [0.2, 0.25) is 0 Å². The molecule has 0 aromatic rings. The van der Waals surface area contributed by atoms with E-state index in [1.54, 1.807) is 13.0 Å². The van der Waals surface area contributed by atoms with Crippen LogP contribution in [0.25, 0.3) is 0 Å². The average Bonchev–Trinajstić information content (AvgIpc) is 2.38. The van der Waals surface area contributed by atoms with Crippen LogP contribution >= 0.6 is 0 Å². The van der Waals surface area contributed by atoms with Gasteiger partial charge < -0.3 is 16.8 Å². The van der Waals surface area contributed by atoms with E-state index in [1.165, 1.54) is 6.08 Å². The number of esters is 1. The van der Waals surface area contributed by atoms with Crippen LogP contribution in [0, 0.1) is 12.8 Å².